The van der Waals surface area contributed by atoms with Crippen LogP contribution in [0.15, 0.2) is 41.5 Å². The molecule has 2 aliphatic heterocycles. The fourth-order valence-electron chi connectivity index (χ4n) is 4.91. The monoisotopic (exact) mass is 464 g/mol. The summed E-state index contributed by atoms with van der Waals surface area (Å²) in [4.78, 5) is 18.3. The van der Waals surface area contributed by atoms with Gasteiger partial charge in [-0.15, -0.1) is 0 Å². The molecule has 34 heavy (non-hydrogen) atoms. The van der Waals surface area contributed by atoms with Crippen molar-refractivity contribution in [2.45, 2.75) is 33.2 Å². The van der Waals surface area contributed by atoms with E-state index in [4.69, 9.17) is 14.6 Å². The van der Waals surface area contributed by atoms with Crippen LogP contribution in [0.3, 0.4) is 0 Å². The molecule has 0 spiro atoms. The molecule has 1 fully saturated rings. The molecule has 1 unspecified atom stereocenters. The lowest BCUT2D eigenvalue weighted by Gasteiger charge is -2.34. The second kappa shape index (κ2) is 10.6. The van der Waals surface area contributed by atoms with E-state index in [1.54, 1.807) is 19.2 Å². The maximum Gasteiger partial charge on any atom is 0.257 e. The Kier molecular flexibility index (Phi) is 7.54. The number of nitrogens with zero attached hydrogens (tertiary/aromatic N) is 4. The number of carbonyl (C=O) groups excluding carboxylic acids is 1. The topological polar surface area (TPSA) is 57.6 Å². The summed E-state index contributed by atoms with van der Waals surface area (Å²) in [6.07, 6.45) is 0.628. The molecule has 1 saturated heterocycles. The summed E-state index contributed by atoms with van der Waals surface area (Å²) < 4.78 is 11.2. The van der Waals surface area contributed by atoms with Crippen LogP contribution in [0.5, 0.6) is 11.5 Å². The maximum atomic E-state index is 13.6. The smallest absolute Gasteiger partial charge is 0.257 e. The Balaban J connectivity index is 1.65. The van der Waals surface area contributed by atoms with Crippen LogP contribution in [-0.2, 0) is 4.79 Å². The number of likely N-dealkylation sites (N-methyl/N-ethyl adjacent to an activating group) is 1. The standard InChI is InChI=1S/C27H36N4O3/c1-6-29-11-13-30(14-12-29)18-27(32)31-25(23-16-21(33-4)8-10-26(23)34-5)17-24(28-31)22-9-7-19(2)15-20(22)3/h7-10,15-16,25H,6,11-14,17-18H2,1-5H3. The highest BCUT2D eigenvalue weighted by molar-refractivity contribution is 6.04. The van der Waals surface area contributed by atoms with Crippen molar-refractivity contribution < 1.29 is 14.3 Å². The molecule has 0 aliphatic carbocycles. The Hall–Kier alpha value is -2.90. The van der Waals surface area contributed by atoms with Crippen LogP contribution in [0.25, 0.3) is 0 Å². The number of hydrazone groups is 1. The first-order valence-electron chi connectivity index (χ1n) is 12.1. The number of amides is 1. The lowest BCUT2D eigenvalue weighted by molar-refractivity contribution is -0.134. The number of methoxy groups -OCH3 is 2. The SMILES string of the molecule is CCN1CCN(CC(=O)N2N=C(c3ccc(C)cc3C)CC2c2cc(OC)ccc2OC)CC1. The van der Waals surface area contributed by atoms with E-state index in [0.717, 1.165) is 61.1 Å². The number of piperazine rings is 1. The Morgan fingerprint density at radius 2 is 1.74 bits per heavy atom. The van der Waals surface area contributed by atoms with Gasteiger partial charge in [0, 0.05) is 43.7 Å². The first kappa shape index (κ1) is 24.2. The average molecular weight is 465 g/mol. The van der Waals surface area contributed by atoms with E-state index in [1.807, 2.05) is 18.2 Å². The van der Waals surface area contributed by atoms with Crippen LogP contribution in [0.2, 0.25) is 0 Å². The summed E-state index contributed by atoms with van der Waals surface area (Å²) in [5, 5.41) is 6.58. The van der Waals surface area contributed by atoms with Gasteiger partial charge in [0.05, 0.1) is 32.5 Å². The van der Waals surface area contributed by atoms with Crippen molar-refractivity contribution in [3.63, 3.8) is 0 Å². The Morgan fingerprint density at radius 1 is 1.00 bits per heavy atom. The molecule has 1 amide bonds. The van der Waals surface area contributed by atoms with Gasteiger partial charge in [0.25, 0.3) is 5.91 Å². The molecule has 2 aromatic rings. The Bertz CT molecular complexity index is 1060. The predicted octanol–water partition coefficient (Wildman–Crippen LogP) is 3.64. The van der Waals surface area contributed by atoms with E-state index in [1.165, 1.54) is 11.1 Å². The number of benzene rings is 2. The highest BCUT2D eigenvalue weighted by Crippen LogP contribution is 2.39. The van der Waals surface area contributed by atoms with Crippen molar-refractivity contribution in [2.24, 2.45) is 5.10 Å². The molecule has 0 saturated carbocycles. The normalized spacial score (nSPS) is 19.3. The second-order valence-electron chi connectivity index (χ2n) is 9.14. The van der Waals surface area contributed by atoms with Gasteiger partial charge in [-0.1, -0.05) is 30.7 Å². The van der Waals surface area contributed by atoms with Crippen LogP contribution in [-0.4, -0.2) is 79.9 Å². The van der Waals surface area contributed by atoms with E-state index >= 15 is 0 Å². The zero-order chi connectivity index (χ0) is 24.2. The third-order valence-corrected chi connectivity index (χ3v) is 6.93. The van der Waals surface area contributed by atoms with Crippen molar-refractivity contribution in [1.82, 2.24) is 14.8 Å². The van der Waals surface area contributed by atoms with Gasteiger partial charge in [0.1, 0.15) is 11.5 Å². The molecule has 182 valence electrons. The summed E-state index contributed by atoms with van der Waals surface area (Å²) in [6.45, 7) is 11.6. The number of carbonyl (C=O) groups is 1. The van der Waals surface area contributed by atoms with Crippen LogP contribution >= 0.6 is 0 Å². The first-order valence-corrected chi connectivity index (χ1v) is 12.1. The third kappa shape index (κ3) is 5.10. The number of hydrogen-bond acceptors (Lipinski definition) is 6. The molecule has 0 bridgehead atoms. The molecule has 2 heterocycles. The number of hydrogen-bond donors (Lipinski definition) is 0. The molecule has 0 N–H and O–H groups in total. The Labute approximate surface area is 202 Å². The highest BCUT2D eigenvalue weighted by atomic mass is 16.5. The molecule has 7 nitrogen and oxygen atoms in total. The summed E-state index contributed by atoms with van der Waals surface area (Å²) in [7, 11) is 3.31. The zero-order valence-electron chi connectivity index (χ0n) is 21.0. The van der Waals surface area contributed by atoms with Gasteiger partial charge in [-0.25, -0.2) is 5.01 Å². The van der Waals surface area contributed by atoms with Gasteiger partial charge < -0.3 is 14.4 Å². The van der Waals surface area contributed by atoms with Crippen LogP contribution in [0, 0.1) is 13.8 Å². The predicted molar refractivity (Wildman–Crippen MR) is 135 cm³/mol. The largest absolute Gasteiger partial charge is 0.497 e. The molecule has 0 aromatic heterocycles. The molecule has 4 rings (SSSR count). The van der Waals surface area contributed by atoms with Gasteiger partial charge in [-0.2, -0.15) is 5.10 Å². The number of rotatable bonds is 7. The zero-order valence-corrected chi connectivity index (χ0v) is 21.0. The van der Waals surface area contributed by atoms with Crippen molar-refractivity contribution in [3.05, 3.63) is 58.7 Å². The number of ether oxygens (including phenoxy) is 2. The minimum atomic E-state index is -0.245. The van der Waals surface area contributed by atoms with Gasteiger partial charge in [0.2, 0.25) is 0 Å². The second-order valence-corrected chi connectivity index (χ2v) is 9.14. The van der Waals surface area contributed by atoms with Gasteiger partial charge in [0.15, 0.2) is 0 Å². The molecule has 1 atom stereocenters. The van der Waals surface area contributed by atoms with Crippen molar-refractivity contribution in [2.75, 3.05) is 53.5 Å². The van der Waals surface area contributed by atoms with Gasteiger partial charge in [-0.3, -0.25) is 9.69 Å². The molecular formula is C27H36N4O3. The van der Waals surface area contributed by atoms with Crippen LogP contribution in [0.1, 0.15) is 41.6 Å². The summed E-state index contributed by atoms with van der Waals surface area (Å²) in [5.74, 6) is 1.48. The van der Waals surface area contributed by atoms with E-state index in [9.17, 15) is 4.79 Å². The fourth-order valence-corrected chi connectivity index (χ4v) is 4.91. The van der Waals surface area contributed by atoms with Gasteiger partial charge in [-0.05, 0) is 44.2 Å². The molecular weight excluding hydrogens is 428 g/mol. The summed E-state index contributed by atoms with van der Waals surface area (Å²) in [6, 6.07) is 11.9. The fraction of sp³-hybridized carbons (Fsp3) is 0.481. The lowest BCUT2D eigenvalue weighted by atomic mass is 9.94. The highest BCUT2D eigenvalue weighted by Gasteiger charge is 2.36. The average Bonchev–Trinajstić information content (AvgIpc) is 3.29. The summed E-state index contributed by atoms with van der Waals surface area (Å²) >= 11 is 0. The minimum Gasteiger partial charge on any atom is -0.497 e. The van der Waals surface area contributed by atoms with E-state index in [0.29, 0.717) is 13.0 Å². The minimum absolute atomic E-state index is 0.0135. The molecule has 0 radical (unpaired) electrons. The molecule has 2 aliphatic rings. The van der Waals surface area contributed by atoms with E-state index < -0.39 is 0 Å². The Morgan fingerprint density at radius 3 is 2.38 bits per heavy atom. The number of aryl methyl sites for hydroxylation is 2. The van der Waals surface area contributed by atoms with Crippen LogP contribution < -0.4 is 9.47 Å². The van der Waals surface area contributed by atoms with E-state index in [2.05, 4.69) is 48.8 Å². The lowest BCUT2D eigenvalue weighted by Crippen LogP contribution is -2.49. The van der Waals surface area contributed by atoms with Crippen molar-refractivity contribution in [1.29, 1.82) is 0 Å². The molecule has 2 aromatic carbocycles. The third-order valence-electron chi connectivity index (χ3n) is 6.93. The van der Waals surface area contributed by atoms with Crippen LogP contribution in [0.4, 0.5) is 0 Å². The van der Waals surface area contributed by atoms with E-state index in [-0.39, 0.29) is 11.9 Å². The summed E-state index contributed by atoms with van der Waals surface area (Å²) in [5.41, 5.74) is 5.31. The molecule has 7 heteroatoms. The van der Waals surface area contributed by atoms with Crippen molar-refractivity contribution in [3.8, 4) is 11.5 Å². The quantitative estimate of drug-likeness (QED) is 0.626. The maximum absolute atomic E-state index is 13.6. The van der Waals surface area contributed by atoms with Crippen molar-refractivity contribution >= 4 is 11.6 Å². The first-order chi connectivity index (χ1) is 16.4. The van der Waals surface area contributed by atoms with Gasteiger partial charge >= 0.3 is 0 Å².